The van der Waals surface area contributed by atoms with Gasteiger partial charge in [-0.2, -0.15) is 10.1 Å². The number of nitrogens with zero attached hydrogens (tertiary/aromatic N) is 4. The Labute approximate surface area is 120 Å². The van der Waals surface area contributed by atoms with Crippen LogP contribution in [0.5, 0.6) is 0 Å². The van der Waals surface area contributed by atoms with Crippen molar-refractivity contribution in [3.63, 3.8) is 0 Å². The summed E-state index contributed by atoms with van der Waals surface area (Å²) in [5.74, 6) is 1.26. The summed E-state index contributed by atoms with van der Waals surface area (Å²) in [7, 11) is 0. The highest BCUT2D eigenvalue weighted by Gasteiger charge is 2.13. The molecule has 0 aliphatic carbocycles. The van der Waals surface area contributed by atoms with Crippen LogP contribution in [-0.2, 0) is 26.1 Å². The molecule has 0 bridgehead atoms. The van der Waals surface area contributed by atoms with Crippen LogP contribution in [-0.4, -0.2) is 19.9 Å². The predicted molar refractivity (Wildman–Crippen MR) is 74.6 cm³/mol. The van der Waals surface area contributed by atoms with Crippen molar-refractivity contribution in [2.45, 2.75) is 46.8 Å². The minimum absolute atomic E-state index is 0.583. The molecule has 19 heavy (non-hydrogen) atoms. The molecule has 0 aliphatic heterocycles. The van der Waals surface area contributed by atoms with Crippen LogP contribution < -0.4 is 5.32 Å². The van der Waals surface area contributed by atoms with Crippen LogP contribution in [0.1, 0.15) is 37.0 Å². The number of aryl methyl sites for hydroxylation is 3. The SMILES string of the molecule is CCc1nn(CC)c(CNCc2noc(C)n2)c1Br. The van der Waals surface area contributed by atoms with Crippen LogP contribution in [0, 0.1) is 6.92 Å². The largest absolute Gasteiger partial charge is 0.340 e. The second-order valence-electron chi connectivity index (χ2n) is 4.21. The van der Waals surface area contributed by atoms with E-state index in [0.29, 0.717) is 18.3 Å². The summed E-state index contributed by atoms with van der Waals surface area (Å²) in [5, 5.41) is 11.7. The number of rotatable bonds is 6. The molecule has 1 N–H and O–H groups in total. The van der Waals surface area contributed by atoms with Gasteiger partial charge in [0.1, 0.15) is 0 Å². The molecular formula is C12H18BrN5O. The Bertz CT molecular complexity index is 548. The molecule has 0 aliphatic rings. The lowest BCUT2D eigenvalue weighted by atomic mass is 10.3. The molecule has 7 heteroatoms. The van der Waals surface area contributed by atoms with Crippen LogP contribution in [0.4, 0.5) is 0 Å². The van der Waals surface area contributed by atoms with Crippen molar-refractivity contribution < 1.29 is 4.52 Å². The first-order valence-corrected chi connectivity index (χ1v) is 7.18. The highest BCUT2D eigenvalue weighted by atomic mass is 79.9. The number of hydrogen-bond acceptors (Lipinski definition) is 5. The maximum absolute atomic E-state index is 4.93. The van der Waals surface area contributed by atoms with Gasteiger partial charge in [0.25, 0.3) is 0 Å². The van der Waals surface area contributed by atoms with E-state index in [1.807, 2.05) is 4.68 Å². The number of nitrogens with one attached hydrogen (secondary N) is 1. The van der Waals surface area contributed by atoms with Gasteiger partial charge in [-0.05, 0) is 29.3 Å². The third-order valence-electron chi connectivity index (χ3n) is 2.84. The van der Waals surface area contributed by atoms with Crippen LogP contribution in [0.15, 0.2) is 9.00 Å². The summed E-state index contributed by atoms with van der Waals surface area (Å²) in [6, 6.07) is 0. The third-order valence-corrected chi connectivity index (χ3v) is 3.75. The fourth-order valence-electron chi connectivity index (χ4n) is 1.89. The molecule has 104 valence electrons. The van der Waals surface area contributed by atoms with Gasteiger partial charge >= 0.3 is 0 Å². The third kappa shape index (κ3) is 3.22. The van der Waals surface area contributed by atoms with Gasteiger partial charge < -0.3 is 9.84 Å². The van der Waals surface area contributed by atoms with E-state index in [2.05, 4.69) is 50.3 Å². The molecule has 2 heterocycles. The monoisotopic (exact) mass is 327 g/mol. The van der Waals surface area contributed by atoms with E-state index < -0.39 is 0 Å². The zero-order valence-electron chi connectivity index (χ0n) is 11.4. The Morgan fingerprint density at radius 1 is 1.32 bits per heavy atom. The van der Waals surface area contributed by atoms with Gasteiger partial charge in [0.05, 0.1) is 22.4 Å². The highest BCUT2D eigenvalue weighted by Crippen LogP contribution is 2.22. The minimum atomic E-state index is 0.583. The fraction of sp³-hybridized carbons (Fsp3) is 0.583. The van der Waals surface area contributed by atoms with E-state index in [9.17, 15) is 0 Å². The molecule has 6 nitrogen and oxygen atoms in total. The van der Waals surface area contributed by atoms with E-state index in [4.69, 9.17) is 4.52 Å². The molecule has 0 aromatic carbocycles. The first kappa shape index (κ1) is 14.2. The van der Waals surface area contributed by atoms with E-state index >= 15 is 0 Å². The van der Waals surface area contributed by atoms with E-state index in [-0.39, 0.29) is 0 Å². The standard InChI is InChI=1S/C12H18BrN5O/c1-4-9-12(13)10(18(5-2)16-9)6-14-7-11-15-8(3)19-17-11/h14H,4-7H2,1-3H3. The lowest BCUT2D eigenvalue weighted by Crippen LogP contribution is -2.17. The van der Waals surface area contributed by atoms with Crippen molar-refractivity contribution in [2.75, 3.05) is 0 Å². The minimum Gasteiger partial charge on any atom is -0.340 e. The average Bonchev–Trinajstić information content (AvgIpc) is 2.94. The topological polar surface area (TPSA) is 68.8 Å². The van der Waals surface area contributed by atoms with Crippen molar-refractivity contribution in [1.82, 2.24) is 25.2 Å². The highest BCUT2D eigenvalue weighted by molar-refractivity contribution is 9.10. The predicted octanol–water partition coefficient (Wildman–Crippen LogP) is 2.21. The zero-order valence-corrected chi connectivity index (χ0v) is 13.0. The van der Waals surface area contributed by atoms with Gasteiger partial charge in [-0.1, -0.05) is 12.1 Å². The molecule has 0 spiro atoms. The molecule has 2 aromatic heterocycles. The van der Waals surface area contributed by atoms with Gasteiger partial charge in [-0.25, -0.2) is 0 Å². The van der Waals surface area contributed by atoms with Crippen LogP contribution in [0.2, 0.25) is 0 Å². The fourth-order valence-corrected chi connectivity index (χ4v) is 2.60. The second-order valence-corrected chi connectivity index (χ2v) is 5.00. The van der Waals surface area contributed by atoms with E-state index in [0.717, 1.165) is 35.4 Å². The number of halogens is 1. The Morgan fingerprint density at radius 3 is 2.68 bits per heavy atom. The molecule has 2 aromatic rings. The molecule has 2 rings (SSSR count). The van der Waals surface area contributed by atoms with Crippen molar-refractivity contribution in [3.05, 3.63) is 27.6 Å². The summed E-state index contributed by atoms with van der Waals surface area (Å²) in [4.78, 5) is 4.15. The zero-order chi connectivity index (χ0) is 13.8. The number of hydrogen-bond donors (Lipinski definition) is 1. The van der Waals surface area contributed by atoms with E-state index in [1.54, 1.807) is 6.92 Å². The van der Waals surface area contributed by atoms with Crippen molar-refractivity contribution >= 4 is 15.9 Å². The van der Waals surface area contributed by atoms with Crippen LogP contribution >= 0.6 is 15.9 Å². The summed E-state index contributed by atoms with van der Waals surface area (Å²) in [6.07, 6.45) is 0.921. The summed E-state index contributed by atoms with van der Waals surface area (Å²) in [6.45, 7) is 8.14. The molecule has 0 radical (unpaired) electrons. The van der Waals surface area contributed by atoms with Gasteiger partial charge in [0.15, 0.2) is 5.82 Å². The Hall–Kier alpha value is -1.21. The Balaban J connectivity index is 2.00. The van der Waals surface area contributed by atoms with Crippen LogP contribution in [0.3, 0.4) is 0 Å². The van der Waals surface area contributed by atoms with Crippen molar-refractivity contribution in [3.8, 4) is 0 Å². The lowest BCUT2D eigenvalue weighted by molar-refractivity contribution is 0.385. The summed E-state index contributed by atoms with van der Waals surface area (Å²) in [5.41, 5.74) is 2.24. The molecule has 0 amide bonds. The maximum atomic E-state index is 4.93. The molecule has 0 saturated carbocycles. The van der Waals surface area contributed by atoms with Gasteiger partial charge in [0.2, 0.25) is 5.89 Å². The summed E-state index contributed by atoms with van der Waals surface area (Å²) < 4.78 is 8.03. The smallest absolute Gasteiger partial charge is 0.223 e. The van der Waals surface area contributed by atoms with Crippen molar-refractivity contribution in [2.24, 2.45) is 0 Å². The molecular weight excluding hydrogens is 310 g/mol. The van der Waals surface area contributed by atoms with Gasteiger partial charge in [-0.3, -0.25) is 4.68 Å². The normalized spacial score (nSPS) is 11.2. The summed E-state index contributed by atoms with van der Waals surface area (Å²) >= 11 is 3.62. The maximum Gasteiger partial charge on any atom is 0.223 e. The molecule has 0 unspecified atom stereocenters. The number of aromatic nitrogens is 4. The van der Waals surface area contributed by atoms with Gasteiger partial charge in [0, 0.05) is 20.0 Å². The quantitative estimate of drug-likeness (QED) is 0.880. The van der Waals surface area contributed by atoms with E-state index in [1.165, 1.54) is 0 Å². The van der Waals surface area contributed by atoms with Gasteiger partial charge in [-0.15, -0.1) is 0 Å². The first-order chi connectivity index (χ1) is 9.15. The average molecular weight is 328 g/mol. The molecule has 0 saturated heterocycles. The molecule has 0 fully saturated rings. The van der Waals surface area contributed by atoms with Crippen molar-refractivity contribution in [1.29, 1.82) is 0 Å². The molecule has 0 atom stereocenters. The lowest BCUT2D eigenvalue weighted by Gasteiger charge is -2.05. The van der Waals surface area contributed by atoms with Crippen LogP contribution in [0.25, 0.3) is 0 Å². The Morgan fingerprint density at radius 2 is 2.11 bits per heavy atom. The Kier molecular flexibility index (Phi) is 4.71. The first-order valence-electron chi connectivity index (χ1n) is 6.39. The second kappa shape index (κ2) is 6.29.